The highest BCUT2D eigenvalue weighted by Gasteiger charge is 1.98. The van der Waals surface area contributed by atoms with E-state index in [9.17, 15) is 0 Å². The minimum absolute atomic E-state index is 0. The number of nitrogens with zero attached hydrogens (tertiary/aromatic N) is 2. The Bertz CT molecular complexity index is 400. The van der Waals surface area contributed by atoms with E-state index in [0.717, 1.165) is 37.6 Å². The zero-order valence-corrected chi connectivity index (χ0v) is 15.6. The maximum absolute atomic E-state index is 5.75. The second-order valence-electron chi connectivity index (χ2n) is 4.12. The van der Waals surface area contributed by atoms with Crippen LogP contribution >= 0.6 is 35.6 Å². The molecule has 2 N–H and O–H groups in total. The summed E-state index contributed by atoms with van der Waals surface area (Å²) in [6.07, 6.45) is 2.67. The van der Waals surface area contributed by atoms with Gasteiger partial charge >= 0.3 is 0 Å². The lowest BCUT2D eigenvalue weighted by Gasteiger charge is -2.11. The van der Waals surface area contributed by atoms with Crippen molar-refractivity contribution >= 4 is 41.5 Å². The number of rotatable bonds is 8. The summed E-state index contributed by atoms with van der Waals surface area (Å²) in [7, 11) is 0. The molecule has 0 spiro atoms. The van der Waals surface area contributed by atoms with Gasteiger partial charge in [-0.15, -0.1) is 24.0 Å². The maximum Gasteiger partial charge on any atom is 0.191 e. The first kappa shape index (κ1) is 20.4. The van der Waals surface area contributed by atoms with Gasteiger partial charge in [-0.05, 0) is 31.9 Å². The summed E-state index contributed by atoms with van der Waals surface area (Å²) in [6, 6.07) is 3.79. The van der Waals surface area contributed by atoms with Crippen molar-refractivity contribution in [2.75, 3.05) is 32.8 Å². The molecule has 0 bridgehead atoms. The van der Waals surface area contributed by atoms with Crippen LogP contribution in [-0.2, 0) is 11.2 Å². The van der Waals surface area contributed by atoms with Gasteiger partial charge in [0.15, 0.2) is 5.96 Å². The van der Waals surface area contributed by atoms with Crippen LogP contribution in [-0.4, -0.2) is 43.8 Å². The Morgan fingerprint density at radius 2 is 2.14 bits per heavy atom. The van der Waals surface area contributed by atoms with Gasteiger partial charge in [-0.2, -0.15) is 0 Å². The van der Waals surface area contributed by atoms with E-state index in [1.807, 2.05) is 19.9 Å². The van der Waals surface area contributed by atoms with Crippen LogP contribution in [0.3, 0.4) is 0 Å². The predicted molar refractivity (Wildman–Crippen MR) is 98.8 cm³/mol. The molecule has 0 amide bonds. The van der Waals surface area contributed by atoms with Crippen molar-refractivity contribution in [2.24, 2.45) is 4.99 Å². The van der Waals surface area contributed by atoms with Crippen LogP contribution in [0.15, 0.2) is 23.3 Å². The van der Waals surface area contributed by atoms with E-state index >= 15 is 0 Å². The van der Waals surface area contributed by atoms with Crippen LogP contribution < -0.4 is 10.6 Å². The van der Waals surface area contributed by atoms with Gasteiger partial charge in [0, 0.05) is 25.9 Å². The van der Waals surface area contributed by atoms with Crippen molar-refractivity contribution < 1.29 is 4.74 Å². The maximum atomic E-state index is 5.75. The van der Waals surface area contributed by atoms with Gasteiger partial charge in [0.1, 0.15) is 5.15 Å². The van der Waals surface area contributed by atoms with Gasteiger partial charge in [0.2, 0.25) is 0 Å². The van der Waals surface area contributed by atoms with Gasteiger partial charge < -0.3 is 15.4 Å². The third-order valence-corrected chi connectivity index (χ3v) is 2.77. The Morgan fingerprint density at radius 3 is 2.76 bits per heavy atom. The molecule has 0 fully saturated rings. The summed E-state index contributed by atoms with van der Waals surface area (Å²) >= 11 is 5.75. The van der Waals surface area contributed by atoms with E-state index in [1.165, 1.54) is 0 Å². The molecule has 0 aliphatic rings. The van der Waals surface area contributed by atoms with Crippen LogP contribution in [0.4, 0.5) is 0 Å². The number of nitrogens with one attached hydrogen (secondary N) is 2. The Hall–Kier alpha value is -0.600. The highest BCUT2D eigenvalue weighted by molar-refractivity contribution is 14.0. The third kappa shape index (κ3) is 9.87. The van der Waals surface area contributed by atoms with Gasteiger partial charge in [0.05, 0.1) is 13.2 Å². The highest BCUT2D eigenvalue weighted by atomic mass is 127. The average molecular weight is 427 g/mol. The molecule has 1 aromatic rings. The van der Waals surface area contributed by atoms with Crippen molar-refractivity contribution in [3.05, 3.63) is 29.0 Å². The zero-order valence-electron chi connectivity index (χ0n) is 12.6. The number of ether oxygens (including phenoxy) is 1. The molecule has 0 saturated heterocycles. The lowest BCUT2D eigenvalue weighted by Crippen LogP contribution is -2.38. The summed E-state index contributed by atoms with van der Waals surface area (Å²) in [5.41, 5.74) is 1.15. The second kappa shape index (κ2) is 13.1. The van der Waals surface area contributed by atoms with Gasteiger partial charge in [-0.3, -0.25) is 4.99 Å². The minimum atomic E-state index is 0. The fraction of sp³-hybridized carbons (Fsp3) is 0.571. The van der Waals surface area contributed by atoms with Crippen LogP contribution in [0, 0.1) is 0 Å². The van der Waals surface area contributed by atoms with E-state index in [4.69, 9.17) is 16.3 Å². The summed E-state index contributed by atoms with van der Waals surface area (Å²) in [5.74, 6) is 0.814. The molecule has 1 heterocycles. The Kier molecular flexibility index (Phi) is 12.7. The second-order valence-corrected chi connectivity index (χ2v) is 4.51. The quantitative estimate of drug-likeness (QED) is 0.220. The summed E-state index contributed by atoms with van der Waals surface area (Å²) < 4.78 is 5.26. The minimum Gasteiger partial charge on any atom is -0.380 e. The van der Waals surface area contributed by atoms with E-state index in [-0.39, 0.29) is 24.0 Å². The number of aliphatic imine (C=N–C) groups is 1. The van der Waals surface area contributed by atoms with Crippen molar-refractivity contribution in [2.45, 2.75) is 20.3 Å². The topological polar surface area (TPSA) is 58.5 Å². The molecular weight excluding hydrogens is 403 g/mol. The van der Waals surface area contributed by atoms with Crippen LogP contribution in [0.5, 0.6) is 0 Å². The largest absolute Gasteiger partial charge is 0.380 e. The van der Waals surface area contributed by atoms with Gasteiger partial charge in [-0.25, -0.2) is 4.98 Å². The molecule has 21 heavy (non-hydrogen) atoms. The van der Waals surface area contributed by atoms with Crippen molar-refractivity contribution in [3.63, 3.8) is 0 Å². The van der Waals surface area contributed by atoms with Crippen molar-refractivity contribution in [1.29, 1.82) is 0 Å². The average Bonchev–Trinajstić information content (AvgIpc) is 2.45. The first-order valence-corrected chi connectivity index (χ1v) is 7.34. The SMILES string of the molecule is CCNC(=NCCOCC)NCCc1ccc(Cl)nc1.I. The highest BCUT2D eigenvalue weighted by Crippen LogP contribution is 2.05. The summed E-state index contributed by atoms with van der Waals surface area (Å²) in [5, 5.41) is 7.01. The molecule has 0 saturated carbocycles. The number of pyridine rings is 1. The normalized spacial score (nSPS) is 10.9. The molecule has 7 heteroatoms. The fourth-order valence-electron chi connectivity index (χ4n) is 1.59. The number of aromatic nitrogens is 1. The van der Waals surface area contributed by atoms with Gasteiger partial charge in [-0.1, -0.05) is 17.7 Å². The molecule has 0 aliphatic carbocycles. The fourth-order valence-corrected chi connectivity index (χ4v) is 1.70. The van der Waals surface area contributed by atoms with E-state index < -0.39 is 0 Å². The summed E-state index contributed by atoms with van der Waals surface area (Å²) in [4.78, 5) is 8.49. The van der Waals surface area contributed by atoms with Crippen molar-refractivity contribution in [3.8, 4) is 0 Å². The van der Waals surface area contributed by atoms with E-state index in [1.54, 1.807) is 12.3 Å². The molecule has 120 valence electrons. The van der Waals surface area contributed by atoms with E-state index in [2.05, 4.69) is 20.6 Å². The van der Waals surface area contributed by atoms with Crippen LogP contribution in [0.2, 0.25) is 5.15 Å². The standard InChI is InChI=1S/C14H23ClN4O.HI/c1-3-16-14(18-9-10-20-4-2)17-8-7-12-5-6-13(15)19-11-12;/h5-6,11H,3-4,7-10H2,1-2H3,(H2,16,17,18);1H. The predicted octanol–water partition coefficient (Wildman–Crippen LogP) is 2.49. The van der Waals surface area contributed by atoms with Gasteiger partial charge in [0.25, 0.3) is 0 Å². The Balaban J connectivity index is 0.00000400. The molecule has 0 aromatic carbocycles. The number of hydrogen-bond donors (Lipinski definition) is 2. The van der Waals surface area contributed by atoms with Crippen molar-refractivity contribution in [1.82, 2.24) is 15.6 Å². The molecule has 1 rings (SSSR count). The van der Waals surface area contributed by atoms with Crippen LogP contribution in [0.1, 0.15) is 19.4 Å². The zero-order chi connectivity index (χ0) is 14.6. The summed E-state index contributed by atoms with van der Waals surface area (Å²) in [6.45, 7) is 7.69. The lowest BCUT2D eigenvalue weighted by molar-refractivity contribution is 0.155. The lowest BCUT2D eigenvalue weighted by atomic mass is 10.2. The van der Waals surface area contributed by atoms with Crippen LogP contribution in [0.25, 0.3) is 0 Å². The number of halogens is 2. The Labute approximate surface area is 148 Å². The third-order valence-electron chi connectivity index (χ3n) is 2.55. The number of hydrogen-bond acceptors (Lipinski definition) is 3. The molecule has 0 aliphatic heterocycles. The molecule has 1 aromatic heterocycles. The molecule has 0 unspecified atom stereocenters. The first-order chi connectivity index (χ1) is 9.76. The first-order valence-electron chi connectivity index (χ1n) is 6.96. The Morgan fingerprint density at radius 1 is 1.33 bits per heavy atom. The number of guanidine groups is 1. The van der Waals surface area contributed by atoms with E-state index in [0.29, 0.717) is 18.3 Å². The smallest absolute Gasteiger partial charge is 0.191 e. The molecule has 5 nitrogen and oxygen atoms in total. The molecule has 0 atom stereocenters. The molecule has 0 radical (unpaired) electrons. The monoisotopic (exact) mass is 426 g/mol. The molecular formula is C14H24ClIN4O.